The van der Waals surface area contributed by atoms with Gasteiger partial charge >= 0.3 is 0 Å². The van der Waals surface area contributed by atoms with Crippen molar-refractivity contribution in [3.05, 3.63) is 77.7 Å². The fourth-order valence-electron chi connectivity index (χ4n) is 3.53. The molecule has 0 unspecified atom stereocenters. The first-order valence-corrected chi connectivity index (χ1v) is 9.04. The van der Waals surface area contributed by atoms with E-state index in [0.29, 0.717) is 19.5 Å². The summed E-state index contributed by atoms with van der Waals surface area (Å²) in [6.07, 6.45) is 2.45. The molecule has 2 aromatic carbocycles. The number of aromatic nitrogens is 2. The van der Waals surface area contributed by atoms with Crippen LogP contribution in [0.5, 0.6) is 0 Å². The van der Waals surface area contributed by atoms with Crippen molar-refractivity contribution >= 4 is 5.91 Å². The molecule has 138 valence electrons. The van der Waals surface area contributed by atoms with E-state index in [4.69, 9.17) is 0 Å². The van der Waals surface area contributed by atoms with Crippen molar-refractivity contribution in [3.63, 3.8) is 0 Å². The summed E-state index contributed by atoms with van der Waals surface area (Å²) in [5, 5.41) is 10.1. The van der Waals surface area contributed by atoms with Gasteiger partial charge in [0.1, 0.15) is 5.82 Å². The van der Waals surface area contributed by atoms with Crippen molar-refractivity contribution in [1.82, 2.24) is 20.4 Å². The van der Waals surface area contributed by atoms with Gasteiger partial charge in [-0.15, -0.1) is 0 Å². The zero-order chi connectivity index (χ0) is 18.6. The zero-order valence-electron chi connectivity index (χ0n) is 14.9. The second kappa shape index (κ2) is 7.72. The molecule has 1 atom stereocenters. The molecule has 27 heavy (non-hydrogen) atoms. The van der Waals surface area contributed by atoms with Crippen molar-refractivity contribution in [2.24, 2.45) is 0 Å². The lowest BCUT2D eigenvalue weighted by Crippen LogP contribution is -2.55. The smallest absolute Gasteiger partial charge is 0.237 e. The van der Waals surface area contributed by atoms with Crippen LogP contribution >= 0.6 is 0 Å². The molecular weight excluding hydrogens is 343 g/mol. The summed E-state index contributed by atoms with van der Waals surface area (Å²) in [4.78, 5) is 14.7. The lowest BCUT2D eigenvalue weighted by molar-refractivity contribution is -0.129. The number of aromatic amines is 1. The summed E-state index contributed by atoms with van der Waals surface area (Å²) in [6, 6.07) is 16.2. The number of H-pyrrole nitrogens is 1. The Morgan fingerprint density at radius 3 is 2.67 bits per heavy atom. The fraction of sp³-hybridized carbons (Fsp3) is 0.238. The lowest BCUT2D eigenvalue weighted by atomic mass is 10.0. The third-order valence-corrected chi connectivity index (χ3v) is 4.94. The van der Waals surface area contributed by atoms with Gasteiger partial charge in [0.25, 0.3) is 0 Å². The molecule has 0 saturated carbocycles. The highest BCUT2D eigenvalue weighted by atomic mass is 19.1. The van der Waals surface area contributed by atoms with Gasteiger partial charge in [-0.25, -0.2) is 4.39 Å². The molecular formula is C21H21FN4O. The maximum absolute atomic E-state index is 13.2. The maximum atomic E-state index is 13.2. The minimum atomic E-state index is -0.268. The summed E-state index contributed by atoms with van der Waals surface area (Å²) in [7, 11) is 0. The number of hydrogen-bond acceptors (Lipinski definition) is 3. The molecule has 1 saturated heterocycles. The van der Waals surface area contributed by atoms with Gasteiger partial charge in [0, 0.05) is 30.8 Å². The SMILES string of the molecule is O=C1NCCN(Cc2cn[nH]c2-c2ccc(F)cc2)[C@H]1Cc1ccccc1. The van der Waals surface area contributed by atoms with Crippen LogP contribution in [0.4, 0.5) is 4.39 Å². The molecule has 2 heterocycles. The minimum Gasteiger partial charge on any atom is -0.353 e. The molecule has 0 aliphatic carbocycles. The Morgan fingerprint density at radius 1 is 1.11 bits per heavy atom. The molecule has 3 aromatic rings. The van der Waals surface area contributed by atoms with Crippen molar-refractivity contribution in [3.8, 4) is 11.3 Å². The van der Waals surface area contributed by atoms with Gasteiger partial charge in [0.15, 0.2) is 0 Å². The highest BCUT2D eigenvalue weighted by Crippen LogP contribution is 2.24. The Morgan fingerprint density at radius 2 is 1.89 bits per heavy atom. The quantitative estimate of drug-likeness (QED) is 0.732. The molecule has 0 radical (unpaired) electrons. The van der Waals surface area contributed by atoms with Crippen LogP contribution in [0.1, 0.15) is 11.1 Å². The molecule has 1 aromatic heterocycles. The molecule has 1 amide bonds. The van der Waals surface area contributed by atoms with E-state index in [1.54, 1.807) is 18.3 Å². The van der Waals surface area contributed by atoms with Crippen molar-refractivity contribution in [2.75, 3.05) is 13.1 Å². The monoisotopic (exact) mass is 364 g/mol. The fourth-order valence-corrected chi connectivity index (χ4v) is 3.53. The van der Waals surface area contributed by atoms with Crippen LogP contribution in [0.2, 0.25) is 0 Å². The predicted octanol–water partition coefficient (Wildman–Crippen LogP) is 2.76. The average molecular weight is 364 g/mol. The topological polar surface area (TPSA) is 61.0 Å². The number of amides is 1. The summed E-state index contributed by atoms with van der Waals surface area (Å²) < 4.78 is 13.2. The van der Waals surface area contributed by atoms with Crippen LogP contribution in [0.25, 0.3) is 11.3 Å². The van der Waals surface area contributed by atoms with Crippen LogP contribution in [-0.4, -0.2) is 40.1 Å². The normalized spacial score (nSPS) is 17.7. The number of carbonyl (C=O) groups is 1. The standard InChI is InChI=1S/C21H21FN4O/c22-18-8-6-16(7-9-18)20-17(13-24-25-20)14-26-11-10-23-21(27)19(26)12-15-4-2-1-3-5-15/h1-9,13,19H,10-12,14H2,(H,23,27)(H,24,25)/t19-/m0/s1. The summed E-state index contributed by atoms with van der Waals surface area (Å²) in [6.45, 7) is 2.01. The van der Waals surface area contributed by atoms with Crippen LogP contribution in [0.3, 0.4) is 0 Å². The average Bonchev–Trinajstić information content (AvgIpc) is 3.14. The van der Waals surface area contributed by atoms with E-state index in [9.17, 15) is 9.18 Å². The van der Waals surface area contributed by atoms with Gasteiger partial charge in [-0.1, -0.05) is 30.3 Å². The van der Waals surface area contributed by atoms with E-state index in [-0.39, 0.29) is 17.8 Å². The number of benzene rings is 2. The molecule has 1 aliphatic rings. The maximum Gasteiger partial charge on any atom is 0.237 e. The second-order valence-corrected chi connectivity index (χ2v) is 6.74. The first-order valence-electron chi connectivity index (χ1n) is 9.04. The Hall–Kier alpha value is -2.99. The first-order chi connectivity index (χ1) is 13.2. The number of rotatable bonds is 5. The van der Waals surface area contributed by atoms with E-state index < -0.39 is 0 Å². The Balaban J connectivity index is 1.56. The van der Waals surface area contributed by atoms with E-state index in [1.807, 2.05) is 30.3 Å². The Kier molecular flexibility index (Phi) is 4.98. The molecule has 1 fully saturated rings. The third-order valence-electron chi connectivity index (χ3n) is 4.94. The van der Waals surface area contributed by atoms with Crippen molar-refractivity contribution in [1.29, 1.82) is 0 Å². The highest BCUT2D eigenvalue weighted by molar-refractivity contribution is 5.82. The summed E-state index contributed by atoms with van der Waals surface area (Å²) in [5.74, 6) is -0.215. The predicted molar refractivity (Wildman–Crippen MR) is 101 cm³/mol. The van der Waals surface area contributed by atoms with E-state index >= 15 is 0 Å². The number of nitrogens with zero attached hydrogens (tertiary/aromatic N) is 2. The first kappa shape index (κ1) is 17.4. The van der Waals surface area contributed by atoms with Gasteiger partial charge in [0.05, 0.1) is 17.9 Å². The number of carbonyl (C=O) groups excluding carboxylic acids is 1. The van der Waals surface area contributed by atoms with Gasteiger partial charge in [-0.2, -0.15) is 5.10 Å². The third kappa shape index (κ3) is 3.90. The van der Waals surface area contributed by atoms with Crippen LogP contribution in [0, 0.1) is 5.82 Å². The molecule has 0 bridgehead atoms. The van der Waals surface area contributed by atoms with Crippen LogP contribution in [0.15, 0.2) is 60.8 Å². The van der Waals surface area contributed by atoms with Crippen molar-refractivity contribution in [2.45, 2.75) is 19.0 Å². The molecule has 2 N–H and O–H groups in total. The molecule has 5 nitrogen and oxygen atoms in total. The van der Waals surface area contributed by atoms with Crippen molar-refractivity contribution < 1.29 is 9.18 Å². The second-order valence-electron chi connectivity index (χ2n) is 6.74. The number of halogens is 1. The van der Waals surface area contributed by atoms with Gasteiger partial charge in [0.2, 0.25) is 5.91 Å². The van der Waals surface area contributed by atoms with E-state index in [2.05, 4.69) is 20.4 Å². The number of nitrogens with one attached hydrogen (secondary N) is 2. The van der Waals surface area contributed by atoms with E-state index in [1.165, 1.54) is 12.1 Å². The minimum absolute atomic E-state index is 0.0527. The zero-order valence-corrected chi connectivity index (χ0v) is 14.9. The highest BCUT2D eigenvalue weighted by Gasteiger charge is 2.30. The van der Waals surface area contributed by atoms with Gasteiger partial charge < -0.3 is 5.32 Å². The Bertz CT molecular complexity index is 907. The number of hydrogen-bond donors (Lipinski definition) is 2. The Labute approximate surface area is 157 Å². The molecule has 4 rings (SSSR count). The van der Waals surface area contributed by atoms with E-state index in [0.717, 1.165) is 28.9 Å². The van der Waals surface area contributed by atoms with Gasteiger partial charge in [-0.3, -0.25) is 14.8 Å². The van der Waals surface area contributed by atoms with Crippen LogP contribution < -0.4 is 5.32 Å². The van der Waals surface area contributed by atoms with Crippen LogP contribution in [-0.2, 0) is 17.8 Å². The lowest BCUT2D eigenvalue weighted by Gasteiger charge is -2.35. The molecule has 0 spiro atoms. The summed E-state index contributed by atoms with van der Waals surface area (Å²) in [5.41, 5.74) is 3.87. The summed E-state index contributed by atoms with van der Waals surface area (Å²) >= 11 is 0. The molecule has 6 heteroatoms. The largest absolute Gasteiger partial charge is 0.353 e. The number of piperazine rings is 1. The van der Waals surface area contributed by atoms with Gasteiger partial charge in [-0.05, 0) is 36.2 Å². The molecule has 1 aliphatic heterocycles.